The highest BCUT2D eigenvalue weighted by molar-refractivity contribution is 6.09. The van der Waals surface area contributed by atoms with Crippen molar-refractivity contribution in [1.82, 2.24) is 4.98 Å². The zero-order valence-corrected chi connectivity index (χ0v) is 16.6. The van der Waals surface area contributed by atoms with Gasteiger partial charge in [0.2, 0.25) is 0 Å². The number of amides is 1. The first-order chi connectivity index (χ1) is 14.8. The van der Waals surface area contributed by atoms with Crippen LogP contribution in [0.4, 0.5) is 24.7 Å². The van der Waals surface area contributed by atoms with Crippen LogP contribution in [0, 0.1) is 6.92 Å². The molecule has 1 aliphatic rings. The monoisotopic (exact) mass is 428 g/mol. The van der Waals surface area contributed by atoms with Crippen LogP contribution in [0.3, 0.4) is 0 Å². The second-order valence-electron chi connectivity index (χ2n) is 7.13. The van der Waals surface area contributed by atoms with E-state index >= 15 is 0 Å². The quantitative estimate of drug-likeness (QED) is 0.545. The van der Waals surface area contributed by atoms with E-state index in [0.717, 1.165) is 24.1 Å². The summed E-state index contributed by atoms with van der Waals surface area (Å²) in [6, 6.07) is 10.0. The van der Waals surface area contributed by atoms with E-state index in [-0.39, 0.29) is 11.4 Å². The molecule has 0 spiro atoms. The van der Waals surface area contributed by atoms with Gasteiger partial charge < -0.3 is 9.73 Å². The maximum absolute atomic E-state index is 12.9. The van der Waals surface area contributed by atoms with E-state index in [1.807, 2.05) is 0 Å². The van der Waals surface area contributed by atoms with Gasteiger partial charge in [0, 0.05) is 23.7 Å². The number of aryl methyl sites for hydroxylation is 1. The lowest BCUT2D eigenvalue weighted by Crippen LogP contribution is -2.15. The summed E-state index contributed by atoms with van der Waals surface area (Å²) >= 11 is 0. The number of nitrogens with zero attached hydrogens (tertiary/aromatic N) is 2. The van der Waals surface area contributed by atoms with Gasteiger partial charge in [0.1, 0.15) is 11.6 Å². The molecule has 0 saturated carbocycles. The molecule has 0 saturated heterocycles. The number of carbonyl (C=O) groups is 1. The molecule has 0 radical (unpaired) electrons. The molecule has 0 bridgehead atoms. The van der Waals surface area contributed by atoms with Crippen molar-refractivity contribution in [3.8, 4) is 0 Å². The van der Waals surface area contributed by atoms with E-state index in [2.05, 4.69) is 20.8 Å². The first-order valence-electron chi connectivity index (χ1n) is 9.68. The predicted octanol–water partition coefficient (Wildman–Crippen LogP) is 5.41. The fourth-order valence-corrected chi connectivity index (χ4v) is 3.50. The van der Waals surface area contributed by atoms with Crippen molar-refractivity contribution in [1.29, 1.82) is 0 Å². The van der Waals surface area contributed by atoms with Crippen LogP contribution < -0.4 is 10.7 Å². The molecule has 3 aromatic rings. The molecule has 0 aliphatic heterocycles. The molecule has 1 aliphatic carbocycles. The number of hydrazone groups is 1. The first kappa shape index (κ1) is 20.6. The smallest absolute Gasteiger partial charge is 0.416 e. The summed E-state index contributed by atoms with van der Waals surface area (Å²) in [5, 5.41) is 7.03. The third kappa shape index (κ3) is 4.45. The fourth-order valence-electron chi connectivity index (χ4n) is 3.50. The Kier molecular flexibility index (Phi) is 5.50. The van der Waals surface area contributed by atoms with Crippen molar-refractivity contribution >= 4 is 23.1 Å². The van der Waals surface area contributed by atoms with E-state index < -0.39 is 17.6 Å². The van der Waals surface area contributed by atoms with E-state index in [4.69, 9.17) is 4.42 Å². The zero-order valence-electron chi connectivity index (χ0n) is 16.6. The van der Waals surface area contributed by atoms with Crippen LogP contribution in [0.1, 0.15) is 45.8 Å². The number of hydrogen-bond donors (Lipinski definition) is 2. The standard InChI is InChI=1S/C22H19F3N4O2/c1-13-19-16(29-28-15-7-4-6-14(12-15)22(23,24)25)8-5-9-17(19)31-20(13)21(30)27-18-10-2-3-11-26-18/h2-4,6-7,10-12,28H,5,8-9H2,1H3,(H,26,27,30)/b29-16+. The number of benzene rings is 1. The van der Waals surface area contributed by atoms with Gasteiger partial charge in [0.05, 0.1) is 17.0 Å². The number of furan rings is 1. The topological polar surface area (TPSA) is 79.5 Å². The Hall–Kier alpha value is -3.62. The number of hydrogen-bond acceptors (Lipinski definition) is 5. The van der Waals surface area contributed by atoms with E-state index in [1.165, 1.54) is 12.1 Å². The van der Waals surface area contributed by atoms with Crippen LogP contribution in [0.5, 0.6) is 0 Å². The average Bonchev–Trinajstić information content (AvgIpc) is 3.10. The highest BCUT2D eigenvalue weighted by Gasteiger charge is 2.31. The van der Waals surface area contributed by atoms with Gasteiger partial charge in [-0.1, -0.05) is 12.1 Å². The molecule has 2 aromatic heterocycles. The number of anilines is 2. The van der Waals surface area contributed by atoms with Crippen LogP contribution in [-0.2, 0) is 12.6 Å². The normalized spacial score (nSPS) is 14.9. The van der Waals surface area contributed by atoms with Gasteiger partial charge in [-0.25, -0.2) is 4.98 Å². The maximum atomic E-state index is 12.9. The summed E-state index contributed by atoms with van der Waals surface area (Å²) in [4.78, 5) is 16.7. The predicted molar refractivity (Wildman–Crippen MR) is 110 cm³/mol. The molecule has 1 amide bonds. The van der Waals surface area contributed by atoms with Crippen molar-refractivity contribution in [3.63, 3.8) is 0 Å². The molecule has 6 nitrogen and oxygen atoms in total. The van der Waals surface area contributed by atoms with Crippen molar-refractivity contribution in [2.75, 3.05) is 10.7 Å². The number of pyridine rings is 1. The van der Waals surface area contributed by atoms with Crippen LogP contribution in [0.2, 0.25) is 0 Å². The van der Waals surface area contributed by atoms with Crippen molar-refractivity contribution in [2.24, 2.45) is 5.10 Å². The number of rotatable bonds is 4. The van der Waals surface area contributed by atoms with E-state index in [0.29, 0.717) is 35.7 Å². The molecule has 0 fully saturated rings. The average molecular weight is 428 g/mol. The number of carbonyl (C=O) groups excluding carboxylic acids is 1. The lowest BCUT2D eigenvalue weighted by atomic mass is 9.93. The summed E-state index contributed by atoms with van der Waals surface area (Å²) < 4.78 is 44.6. The van der Waals surface area contributed by atoms with Crippen LogP contribution in [0.15, 0.2) is 58.2 Å². The second kappa shape index (κ2) is 8.25. The minimum atomic E-state index is -4.43. The lowest BCUT2D eigenvalue weighted by molar-refractivity contribution is -0.137. The van der Waals surface area contributed by atoms with E-state index in [1.54, 1.807) is 31.3 Å². The molecule has 0 unspecified atom stereocenters. The fraction of sp³-hybridized carbons (Fsp3) is 0.227. The molecular formula is C22H19F3N4O2. The third-order valence-electron chi connectivity index (χ3n) is 4.95. The SMILES string of the molecule is Cc1c(C(=O)Nc2ccccn2)oc2c1/C(=N/Nc1cccc(C(F)(F)F)c1)CCC2. The molecule has 0 atom stereocenters. The summed E-state index contributed by atoms with van der Waals surface area (Å²) in [6.45, 7) is 1.76. The number of nitrogens with one attached hydrogen (secondary N) is 2. The van der Waals surface area contributed by atoms with Crippen LogP contribution in [-0.4, -0.2) is 16.6 Å². The number of aromatic nitrogens is 1. The van der Waals surface area contributed by atoms with Crippen LogP contribution in [0.25, 0.3) is 0 Å². The summed E-state index contributed by atoms with van der Waals surface area (Å²) in [5.74, 6) is 0.793. The Balaban J connectivity index is 1.59. The van der Waals surface area contributed by atoms with Crippen molar-refractivity contribution < 1.29 is 22.4 Å². The van der Waals surface area contributed by atoms with E-state index in [9.17, 15) is 18.0 Å². The number of fused-ring (bicyclic) bond motifs is 1. The Morgan fingerprint density at radius 1 is 1.16 bits per heavy atom. The molecule has 2 heterocycles. The van der Waals surface area contributed by atoms with Gasteiger partial charge in [0.25, 0.3) is 5.91 Å². The van der Waals surface area contributed by atoms with Gasteiger partial charge >= 0.3 is 6.18 Å². The van der Waals surface area contributed by atoms with Crippen molar-refractivity contribution in [2.45, 2.75) is 32.4 Å². The Morgan fingerprint density at radius 3 is 2.74 bits per heavy atom. The summed E-state index contributed by atoms with van der Waals surface area (Å²) in [7, 11) is 0. The van der Waals surface area contributed by atoms with Crippen LogP contribution >= 0.6 is 0 Å². The number of halogens is 3. The highest BCUT2D eigenvalue weighted by atomic mass is 19.4. The molecule has 31 heavy (non-hydrogen) atoms. The Labute approximate surface area is 176 Å². The zero-order chi connectivity index (χ0) is 22.0. The Morgan fingerprint density at radius 2 is 2.00 bits per heavy atom. The number of alkyl halides is 3. The van der Waals surface area contributed by atoms with Gasteiger partial charge in [-0.2, -0.15) is 18.3 Å². The molecule has 9 heteroatoms. The van der Waals surface area contributed by atoms with Gasteiger partial charge in [0.15, 0.2) is 5.76 Å². The lowest BCUT2D eigenvalue weighted by Gasteiger charge is -2.14. The minimum Gasteiger partial charge on any atom is -0.455 e. The third-order valence-corrected chi connectivity index (χ3v) is 4.95. The summed E-state index contributed by atoms with van der Waals surface area (Å²) in [5.41, 5.74) is 4.17. The molecular weight excluding hydrogens is 409 g/mol. The second-order valence-corrected chi connectivity index (χ2v) is 7.13. The summed E-state index contributed by atoms with van der Waals surface area (Å²) in [6.07, 6.45) is -0.847. The van der Waals surface area contributed by atoms with Crippen molar-refractivity contribution in [3.05, 3.63) is 76.9 Å². The molecule has 2 N–H and O–H groups in total. The largest absolute Gasteiger partial charge is 0.455 e. The minimum absolute atomic E-state index is 0.171. The molecule has 4 rings (SSSR count). The molecule has 1 aromatic carbocycles. The highest BCUT2D eigenvalue weighted by Crippen LogP contribution is 2.32. The van der Waals surface area contributed by atoms with Gasteiger partial charge in [-0.3, -0.25) is 10.2 Å². The first-order valence-corrected chi connectivity index (χ1v) is 9.68. The molecule has 160 valence electrons. The van der Waals surface area contributed by atoms with Gasteiger partial charge in [-0.15, -0.1) is 0 Å². The van der Waals surface area contributed by atoms with Gasteiger partial charge in [-0.05, 0) is 50.1 Å². The Bertz CT molecular complexity index is 1140. The maximum Gasteiger partial charge on any atom is 0.416 e.